The minimum atomic E-state index is -0.137. The van der Waals surface area contributed by atoms with Crippen LogP contribution in [0.1, 0.15) is 13.3 Å². The van der Waals surface area contributed by atoms with Crippen LogP contribution >= 0.6 is 0 Å². The van der Waals surface area contributed by atoms with E-state index in [9.17, 15) is 9.59 Å². The minimum Gasteiger partial charge on any atom is -0.272 e. The molecule has 0 radical (unpaired) electrons. The Hall–Kier alpha value is -0.900. The standard InChI is InChI=1S/C5H8N2O2/c1-2-6-7-4(8)3-5(7)9/h6H,2-3H2,1H3. The fraction of sp³-hybridized carbons (Fsp3) is 0.600. The Morgan fingerprint density at radius 3 is 2.33 bits per heavy atom. The average Bonchev–Trinajstić information content (AvgIpc) is 1.84. The first-order chi connectivity index (χ1) is 4.25. The van der Waals surface area contributed by atoms with Crippen LogP contribution < -0.4 is 5.43 Å². The molecule has 1 aliphatic rings. The first kappa shape index (κ1) is 6.22. The van der Waals surface area contributed by atoms with Crippen LogP contribution in [0.5, 0.6) is 0 Å². The number of carbonyl (C=O) groups excluding carboxylic acids is 2. The molecule has 0 aromatic rings. The molecule has 50 valence electrons. The zero-order valence-corrected chi connectivity index (χ0v) is 5.18. The van der Waals surface area contributed by atoms with Crippen LogP contribution in [0.4, 0.5) is 0 Å². The number of carbonyl (C=O) groups is 2. The normalized spacial score (nSPS) is 18.1. The van der Waals surface area contributed by atoms with Crippen LogP contribution in [-0.2, 0) is 9.59 Å². The van der Waals surface area contributed by atoms with E-state index in [4.69, 9.17) is 0 Å². The summed E-state index contributed by atoms with van der Waals surface area (Å²) in [5.41, 5.74) is 2.62. The van der Waals surface area contributed by atoms with Crippen molar-refractivity contribution in [1.82, 2.24) is 10.4 Å². The molecule has 0 unspecified atom stereocenters. The molecule has 1 rings (SSSR count). The molecule has 1 N–H and O–H groups in total. The Labute approximate surface area is 52.8 Å². The number of hydrogen-bond acceptors (Lipinski definition) is 3. The highest BCUT2D eigenvalue weighted by Gasteiger charge is 2.33. The molecule has 1 fully saturated rings. The SMILES string of the molecule is CCNN1C(=O)CC1=O. The van der Waals surface area contributed by atoms with Gasteiger partial charge in [0.15, 0.2) is 0 Å². The summed E-state index contributed by atoms with van der Waals surface area (Å²) in [4.78, 5) is 20.9. The number of nitrogens with zero attached hydrogens (tertiary/aromatic N) is 1. The van der Waals surface area contributed by atoms with E-state index in [1.54, 1.807) is 0 Å². The van der Waals surface area contributed by atoms with E-state index in [1.165, 1.54) is 0 Å². The predicted octanol–water partition coefficient (Wildman–Crippen LogP) is -0.730. The number of hydrazine groups is 1. The lowest BCUT2D eigenvalue weighted by Gasteiger charge is -2.27. The molecule has 4 heteroatoms. The second-order valence-corrected chi connectivity index (χ2v) is 1.81. The van der Waals surface area contributed by atoms with Crippen LogP contribution in [0.25, 0.3) is 0 Å². The van der Waals surface area contributed by atoms with Gasteiger partial charge < -0.3 is 0 Å². The second-order valence-electron chi connectivity index (χ2n) is 1.81. The molecule has 0 aromatic carbocycles. The number of rotatable bonds is 2. The molecule has 0 aromatic heterocycles. The van der Waals surface area contributed by atoms with Crippen molar-refractivity contribution in [2.75, 3.05) is 6.54 Å². The van der Waals surface area contributed by atoms with Crippen LogP contribution in [0.3, 0.4) is 0 Å². The van der Waals surface area contributed by atoms with Crippen molar-refractivity contribution in [2.45, 2.75) is 13.3 Å². The Kier molecular flexibility index (Phi) is 1.48. The predicted molar refractivity (Wildman–Crippen MR) is 30.1 cm³/mol. The quantitative estimate of drug-likeness (QED) is 0.394. The van der Waals surface area contributed by atoms with Gasteiger partial charge in [0, 0.05) is 6.54 Å². The Morgan fingerprint density at radius 1 is 1.56 bits per heavy atom. The van der Waals surface area contributed by atoms with Gasteiger partial charge >= 0.3 is 0 Å². The maximum absolute atomic E-state index is 10.5. The van der Waals surface area contributed by atoms with Crippen LogP contribution in [0.15, 0.2) is 0 Å². The largest absolute Gasteiger partial charge is 0.272 e. The highest BCUT2D eigenvalue weighted by molar-refractivity contribution is 6.14. The molecule has 9 heavy (non-hydrogen) atoms. The number of amides is 2. The van der Waals surface area contributed by atoms with Gasteiger partial charge in [-0.05, 0) is 0 Å². The summed E-state index contributed by atoms with van der Waals surface area (Å²) in [6.07, 6.45) is 0.0625. The first-order valence-corrected chi connectivity index (χ1v) is 2.85. The van der Waals surface area contributed by atoms with Crippen molar-refractivity contribution in [1.29, 1.82) is 0 Å². The zero-order valence-electron chi connectivity index (χ0n) is 5.18. The summed E-state index contributed by atoms with van der Waals surface area (Å²) in [5.74, 6) is -0.274. The lowest BCUT2D eigenvalue weighted by molar-refractivity contribution is -0.161. The summed E-state index contributed by atoms with van der Waals surface area (Å²) in [7, 11) is 0. The third-order valence-electron chi connectivity index (χ3n) is 1.12. The Bertz CT molecular complexity index is 141. The molecule has 2 amide bonds. The highest BCUT2D eigenvalue weighted by atomic mass is 16.2. The summed E-state index contributed by atoms with van der Waals surface area (Å²) in [5, 5.41) is 1.04. The molecular formula is C5H8N2O2. The van der Waals surface area contributed by atoms with Gasteiger partial charge in [-0.25, -0.2) is 10.4 Å². The van der Waals surface area contributed by atoms with E-state index < -0.39 is 0 Å². The Morgan fingerprint density at radius 2 is 2.11 bits per heavy atom. The van der Waals surface area contributed by atoms with E-state index in [-0.39, 0.29) is 18.2 Å². The fourth-order valence-corrected chi connectivity index (χ4v) is 0.670. The maximum Gasteiger partial charge on any atom is 0.253 e. The average molecular weight is 128 g/mol. The zero-order chi connectivity index (χ0) is 6.85. The van der Waals surface area contributed by atoms with Gasteiger partial charge in [-0.15, -0.1) is 0 Å². The van der Waals surface area contributed by atoms with Crippen molar-refractivity contribution in [2.24, 2.45) is 0 Å². The minimum absolute atomic E-state index is 0.0625. The van der Waals surface area contributed by atoms with Gasteiger partial charge in [-0.3, -0.25) is 9.59 Å². The van der Waals surface area contributed by atoms with Gasteiger partial charge in [-0.2, -0.15) is 0 Å². The maximum atomic E-state index is 10.5. The third-order valence-corrected chi connectivity index (χ3v) is 1.12. The molecule has 0 aliphatic carbocycles. The van der Waals surface area contributed by atoms with Gasteiger partial charge in [0.05, 0.1) is 0 Å². The number of hydrogen-bond donors (Lipinski definition) is 1. The smallest absolute Gasteiger partial charge is 0.253 e. The molecule has 0 spiro atoms. The van der Waals surface area contributed by atoms with Crippen molar-refractivity contribution >= 4 is 11.8 Å². The van der Waals surface area contributed by atoms with Crippen molar-refractivity contribution in [3.05, 3.63) is 0 Å². The van der Waals surface area contributed by atoms with Gasteiger partial charge in [0.25, 0.3) is 11.8 Å². The second kappa shape index (κ2) is 2.14. The molecule has 0 saturated carbocycles. The molecule has 4 nitrogen and oxygen atoms in total. The van der Waals surface area contributed by atoms with Crippen LogP contribution in [-0.4, -0.2) is 23.4 Å². The number of imide groups is 1. The van der Waals surface area contributed by atoms with E-state index in [2.05, 4.69) is 5.43 Å². The topological polar surface area (TPSA) is 49.4 Å². The molecule has 1 heterocycles. The van der Waals surface area contributed by atoms with Crippen molar-refractivity contribution < 1.29 is 9.59 Å². The summed E-state index contributed by atoms with van der Waals surface area (Å²) < 4.78 is 0. The third kappa shape index (κ3) is 0.929. The van der Waals surface area contributed by atoms with E-state index in [0.29, 0.717) is 6.54 Å². The van der Waals surface area contributed by atoms with Crippen molar-refractivity contribution in [3.63, 3.8) is 0 Å². The first-order valence-electron chi connectivity index (χ1n) is 2.85. The monoisotopic (exact) mass is 128 g/mol. The van der Waals surface area contributed by atoms with E-state index in [0.717, 1.165) is 5.01 Å². The molecular weight excluding hydrogens is 120 g/mol. The van der Waals surface area contributed by atoms with Gasteiger partial charge in [0.2, 0.25) is 0 Å². The molecule has 0 bridgehead atoms. The lowest BCUT2D eigenvalue weighted by Crippen LogP contribution is -2.56. The summed E-state index contributed by atoms with van der Waals surface area (Å²) >= 11 is 0. The van der Waals surface area contributed by atoms with Crippen LogP contribution in [0.2, 0.25) is 0 Å². The van der Waals surface area contributed by atoms with Gasteiger partial charge in [-0.1, -0.05) is 6.92 Å². The number of β-lactam (4-membered cyclic amide) rings is 2. The number of nitrogens with one attached hydrogen (secondary N) is 1. The molecule has 1 aliphatic heterocycles. The van der Waals surface area contributed by atoms with E-state index in [1.807, 2.05) is 6.92 Å². The molecule has 1 saturated heterocycles. The highest BCUT2D eigenvalue weighted by Crippen LogP contribution is 2.05. The van der Waals surface area contributed by atoms with Crippen LogP contribution in [0, 0.1) is 0 Å². The Balaban J connectivity index is 2.39. The van der Waals surface area contributed by atoms with E-state index >= 15 is 0 Å². The summed E-state index contributed by atoms with van der Waals surface area (Å²) in [6, 6.07) is 0. The fourth-order valence-electron chi connectivity index (χ4n) is 0.670. The lowest BCUT2D eigenvalue weighted by atomic mass is 10.2. The molecule has 0 atom stereocenters. The van der Waals surface area contributed by atoms with Crippen molar-refractivity contribution in [3.8, 4) is 0 Å². The van der Waals surface area contributed by atoms with Gasteiger partial charge in [0.1, 0.15) is 6.42 Å². The summed E-state index contributed by atoms with van der Waals surface area (Å²) in [6.45, 7) is 2.44.